The number of nitriles is 1. The smallest absolute Gasteiger partial charge is 0.279 e. The Morgan fingerprint density at radius 3 is 2.37 bits per heavy atom. The van der Waals surface area contributed by atoms with Crippen molar-refractivity contribution in [2.24, 2.45) is 4.99 Å². The molecule has 4 rings (SSSR count). The number of hydrogen-bond acceptors (Lipinski definition) is 6. The Morgan fingerprint density at radius 2 is 1.73 bits per heavy atom. The first-order valence-corrected chi connectivity index (χ1v) is 9.30. The van der Waals surface area contributed by atoms with Gasteiger partial charge in [-0.05, 0) is 42.7 Å². The standard InChI is InChI=1S/C22H18N6O2/c1-13-9-14(2)11-16(10-13)28-22(24-12-23)25-18-17(15-7-5-4-6-8-15)20(29)27(3)21(30)19(18)26-28/h4-11,17H,1-3H3. The third-order valence-corrected chi connectivity index (χ3v) is 4.94. The van der Waals surface area contributed by atoms with Crippen LogP contribution in [0.2, 0.25) is 0 Å². The molecule has 2 amide bonds. The Hall–Kier alpha value is -4.12. The van der Waals surface area contributed by atoms with Crippen LogP contribution in [0.5, 0.6) is 0 Å². The molecule has 0 aliphatic carbocycles. The molecule has 0 saturated carbocycles. The van der Waals surface area contributed by atoms with Crippen molar-refractivity contribution in [2.75, 3.05) is 7.05 Å². The lowest BCUT2D eigenvalue weighted by molar-refractivity contribution is -0.128. The monoisotopic (exact) mass is 398 g/mol. The van der Waals surface area contributed by atoms with Crippen molar-refractivity contribution in [3.63, 3.8) is 0 Å². The Kier molecular flexibility index (Phi) is 4.72. The summed E-state index contributed by atoms with van der Waals surface area (Å²) in [6, 6.07) is 14.8. The summed E-state index contributed by atoms with van der Waals surface area (Å²) >= 11 is 0. The fourth-order valence-corrected chi connectivity index (χ4v) is 3.64. The highest BCUT2D eigenvalue weighted by Crippen LogP contribution is 2.31. The van der Waals surface area contributed by atoms with Crippen molar-refractivity contribution in [3.8, 4) is 11.9 Å². The van der Waals surface area contributed by atoms with Crippen molar-refractivity contribution in [3.05, 3.63) is 82.2 Å². The highest BCUT2D eigenvalue weighted by atomic mass is 16.2. The SMILES string of the molecule is Cc1cc(C)cc(-n2nc3c(nc2=NC#N)C(c2ccccc2)C(=O)N(C)C3=O)c1. The second kappa shape index (κ2) is 7.37. The molecule has 8 nitrogen and oxygen atoms in total. The van der Waals surface area contributed by atoms with Gasteiger partial charge in [0.1, 0.15) is 5.92 Å². The second-order valence-corrected chi connectivity index (χ2v) is 7.16. The zero-order valence-electron chi connectivity index (χ0n) is 16.7. The van der Waals surface area contributed by atoms with Gasteiger partial charge in [0.15, 0.2) is 5.69 Å². The van der Waals surface area contributed by atoms with Crippen LogP contribution in [0.1, 0.15) is 38.8 Å². The number of carbonyl (C=O) groups excluding carboxylic acids is 2. The molecule has 1 unspecified atom stereocenters. The van der Waals surface area contributed by atoms with Gasteiger partial charge in [-0.15, -0.1) is 4.99 Å². The third-order valence-electron chi connectivity index (χ3n) is 4.94. The first-order chi connectivity index (χ1) is 14.4. The minimum absolute atomic E-state index is 0.00679. The summed E-state index contributed by atoms with van der Waals surface area (Å²) in [7, 11) is 1.43. The van der Waals surface area contributed by atoms with E-state index in [2.05, 4.69) is 15.1 Å². The van der Waals surface area contributed by atoms with Gasteiger partial charge in [-0.25, -0.2) is 4.98 Å². The van der Waals surface area contributed by atoms with E-state index >= 15 is 0 Å². The quantitative estimate of drug-likeness (QED) is 0.485. The molecule has 1 aromatic heterocycles. The van der Waals surface area contributed by atoms with E-state index in [1.165, 1.54) is 11.7 Å². The summed E-state index contributed by atoms with van der Waals surface area (Å²) < 4.78 is 1.37. The van der Waals surface area contributed by atoms with Gasteiger partial charge in [0.25, 0.3) is 11.5 Å². The van der Waals surface area contributed by atoms with Crippen LogP contribution in [0.25, 0.3) is 5.69 Å². The number of rotatable bonds is 2. The molecule has 148 valence electrons. The van der Waals surface area contributed by atoms with Crippen LogP contribution in [0, 0.1) is 25.3 Å². The molecule has 0 fully saturated rings. The number of likely N-dealkylation sites (N-methyl/N-ethyl adjacent to an activating group) is 1. The average molecular weight is 398 g/mol. The molecule has 0 radical (unpaired) electrons. The van der Waals surface area contributed by atoms with E-state index in [0.29, 0.717) is 11.3 Å². The lowest BCUT2D eigenvalue weighted by atomic mass is 9.90. The molecule has 0 spiro atoms. The number of aromatic nitrogens is 3. The molecule has 0 saturated heterocycles. The van der Waals surface area contributed by atoms with Crippen LogP contribution in [0.15, 0.2) is 53.5 Å². The van der Waals surface area contributed by atoms with E-state index in [0.717, 1.165) is 16.0 Å². The number of imide groups is 1. The molecule has 1 atom stereocenters. The molecular weight excluding hydrogens is 380 g/mol. The fourth-order valence-electron chi connectivity index (χ4n) is 3.64. The highest BCUT2D eigenvalue weighted by Gasteiger charge is 2.41. The van der Waals surface area contributed by atoms with E-state index in [-0.39, 0.29) is 17.0 Å². The van der Waals surface area contributed by atoms with E-state index in [9.17, 15) is 14.9 Å². The zero-order chi connectivity index (χ0) is 21.4. The number of amides is 2. The Labute approximate surface area is 172 Å². The zero-order valence-corrected chi connectivity index (χ0v) is 16.7. The Morgan fingerprint density at radius 1 is 1.07 bits per heavy atom. The molecule has 2 aromatic carbocycles. The van der Waals surface area contributed by atoms with Gasteiger partial charge in [-0.1, -0.05) is 36.4 Å². The van der Waals surface area contributed by atoms with E-state index in [4.69, 9.17) is 0 Å². The first-order valence-electron chi connectivity index (χ1n) is 9.30. The predicted molar refractivity (Wildman–Crippen MR) is 107 cm³/mol. The number of nitrogens with zero attached hydrogens (tertiary/aromatic N) is 6. The summed E-state index contributed by atoms with van der Waals surface area (Å²) in [5, 5.41) is 13.7. The molecule has 0 N–H and O–H groups in total. The number of carbonyl (C=O) groups is 2. The molecular formula is C22H18N6O2. The maximum absolute atomic E-state index is 12.9. The van der Waals surface area contributed by atoms with Gasteiger partial charge < -0.3 is 0 Å². The molecule has 1 aliphatic rings. The topological polar surface area (TPSA) is 104 Å². The molecule has 8 heteroatoms. The van der Waals surface area contributed by atoms with Crippen molar-refractivity contribution in [1.82, 2.24) is 19.7 Å². The van der Waals surface area contributed by atoms with Gasteiger partial charge >= 0.3 is 0 Å². The Bertz CT molecular complexity index is 1270. The predicted octanol–water partition coefficient (Wildman–Crippen LogP) is 2.01. The summed E-state index contributed by atoms with van der Waals surface area (Å²) in [4.78, 5) is 35.2. The Balaban J connectivity index is 2.04. The summed E-state index contributed by atoms with van der Waals surface area (Å²) in [6.45, 7) is 3.88. The van der Waals surface area contributed by atoms with Crippen LogP contribution < -0.4 is 5.62 Å². The van der Waals surface area contributed by atoms with Crippen LogP contribution in [0.4, 0.5) is 0 Å². The van der Waals surface area contributed by atoms with Crippen LogP contribution in [-0.4, -0.2) is 38.5 Å². The molecule has 0 bridgehead atoms. The summed E-state index contributed by atoms with van der Waals surface area (Å²) in [6.07, 6.45) is 1.74. The van der Waals surface area contributed by atoms with Crippen molar-refractivity contribution in [2.45, 2.75) is 19.8 Å². The highest BCUT2D eigenvalue weighted by molar-refractivity contribution is 6.10. The van der Waals surface area contributed by atoms with Crippen molar-refractivity contribution in [1.29, 1.82) is 5.26 Å². The molecule has 2 heterocycles. The third kappa shape index (κ3) is 3.16. The fraction of sp³-hybridized carbons (Fsp3) is 0.182. The van der Waals surface area contributed by atoms with Crippen LogP contribution >= 0.6 is 0 Å². The van der Waals surface area contributed by atoms with Gasteiger partial charge in [-0.2, -0.15) is 15.0 Å². The van der Waals surface area contributed by atoms with Gasteiger partial charge in [0, 0.05) is 7.05 Å². The van der Waals surface area contributed by atoms with Crippen molar-refractivity contribution >= 4 is 11.8 Å². The van der Waals surface area contributed by atoms with Gasteiger partial charge in [-0.3, -0.25) is 14.5 Å². The lowest BCUT2D eigenvalue weighted by Gasteiger charge is -2.29. The molecule has 1 aliphatic heterocycles. The summed E-state index contributed by atoms with van der Waals surface area (Å²) in [5.41, 5.74) is 3.55. The molecule has 30 heavy (non-hydrogen) atoms. The minimum Gasteiger partial charge on any atom is -0.279 e. The van der Waals surface area contributed by atoms with E-state index in [1.807, 2.05) is 50.2 Å². The maximum Gasteiger partial charge on any atom is 0.282 e. The number of benzene rings is 2. The number of fused-ring (bicyclic) bond motifs is 1. The summed E-state index contributed by atoms with van der Waals surface area (Å²) in [5.74, 6) is -1.76. The number of aryl methyl sites for hydroxylation is 2. The van der Waals surface area contributed by atoms with Gasteiger partial charge in [0.05, 0.1) is 11.4 Å². The maximum atomic E-state index is 12.9. The normalized spacial score (nSPS) is 16.4. The van der Waals surface area contributed by atoms with Crippen LogP contribution in [0.3, 0.4) is 0 Å². The first kappa shape index (κ1) is 19.2. The van der Waals surface area contributed by atoms with E-state index < -0.39 is 17.7 Å². The number of hydrogen-bond donors (Lipinski definition) is 0. The average Bonchev–Trinajstić information content (AvgIpc) is 2.72. The van der Waals surface area contributed by atoms with Crippen molar-refractivity contribution < 1.29 is 9.59 Å². The lowest BCUT2D eigenvalue weighted by Crippen LogP contribution is -2.46. The second-order valence-electron chi connectivity index (χ2n) is 7.16. The molecule has 3 aromatic rings. The van der Waals surface area contributed by atoms with Gasteiger partial charge in [0.2, 0.25) is 12.1 Å². The minimum atomic E-state index is -0.807. The van der Waals surface area contributed by atoms with Crippen LogP contribution in [-0.2, 0) is 4.79 Å². The largest absolute Gasteiger partial charge is 0.282 e. The van der Waals surface area contributed by atoms with E-state index in [1.54, 1.807) is 18.3 Å².